The predicted octanol–water partition coefficient (Wildman–Crippen LogP) is 5.21. The molecule has 41 heavy (non-hydrogen) atoms. The molecule has 0 saturated heterocycles. The van der Waals surface area contributed by atoms with E-state index in [4.69, 9.17) is 14.2 Å². The van der Waals surface area contributed by atoms with E-state index in [1.165, 1.54) is 0 Å². The van der Waals surface area contributed by atoms with Crippen LogP contribution in [-0.4, -0.2) is 44.1 Å². The van der Waals surface area contributed by atoms with E-state index in [2.05, 4.69) is 5.32 Å². The fourth-order valence-electron chi connectivity index (χ4n) is 4.65. The number of amides is 2. The van der Waals surface area contributed by atoms with Crippen LogP contribution < -0.4 is 19.5 Å². The standard InChI is InChI=1S/C34H36N2O5/c1-39-29-17-14-27(15-18-29)24-36(33(37)22-28-16-19-31(40-2)32(21-28)41-3)30(20-25-10-6-4-7-11-25)34(38)35-23-26-12-8-5-9-13-26/h4-19,21,30H,20,22-24H2,1-3H3,(H,35,38)/t30-/m0/s1. The highest BCUT2D eigenvalue weighted by molar-refractivity contribution is 5.89. The number of hydrogen-bond donors (Lipinski definition) is 1. The molecule has 2 amide bonds. The lowest BCUT2D eigenvalue weighted by Crippen LogP contribution is -2.50. The van der Waals surface area contributed by atoms with Crippen LogP contribution in [0.1, 0.15) is 22.3 Å². The fraction of sp³-hybridized carbons (Fsp3) is 0.235. The van der Waals surface area contributed by atoms with Crippen LogP contribution in [0.25, 0.3) is 0 Å². The van der Waals surface area contributed by atoms with E-state index in [0.29, 0.717) is 24.5 Å². The smallest absolute Gasteiger partial charge is 0.243 e. The number of carbonyl (C=O) groups is 2. The van der Waals surface area contributed by atoms with Crippen LogP contribution in [0.15, 0.2) is 103 Å². The molecule has 7 nitrogen and oxygen atoms in total. The maximum absolute atomic E-state index is 14.1. The predicted molar refractivity (Wildman–Crippen MR) is 159 cm³/mol. The second-order valence-corrected chi connectivity index (χ2v) is 9.64. The van der Waals surface area contributed by atoms with Crippen molar-refractivity contribution in [1.29, 1.82) is 0 Å². The van der Waals surface area contributed by atoms with Gasteiger partial charge in [0.15, 0.2) is 11.5 Å². The Bertz CT molecular complexity index is 1410. The summed E-state index contributed by atoms with van der Waals surface area (Å²) >= 11 is 0. The molecule has 1 atom stereocenters. The Labute approximate surface area is 241 Å². The zero-order chi connectivity index (χ0) is 29.0. The van der Waals surface area contributed by atoms with Crippen molar-refractivity contribution in [2.45, 2.75) is 32.0 Å². The number of methoxy groups -OCH3 is 3. The van der Waals surface area contributed by atoms with Crippen molar-refractivity contribution in [3.05, 3.63) is 125 Å². The van der Waals surface area contributed by atoms with Gasteiger partial charge in [0.05, 0.1) is 27.8 Å². The molecule has 0 aliphatic rings. The number of hydrogen-bond acceptors (Lipinski definition) is 5. The Morgan fingerprint density at radius 1 is 0.683 bits per heavy atom. The van der Waals surface area contributed by atoms with Gasteiger partial charge in [-0.3, -0.25) is 9.59 Å². The van der Waals surface area contributed by atoms with Crippen molar-refractivity contribution in [1.82, 2.24) is 10.2 Å². The van der Waals surface area contributed by atoms with E-state index in [-0.39, 0.29) is 24.8 Å². The average molecular weight is 553 g/mol. The first-order chi connectivity index (χ1) is 20.0. The lowest BCUT2D eigenvalue weighted by molar-refractivity contribution is -0.140. The summed E-state index contributed by atoms with van der Waals surface area (Å²) in [5, 5.41) is 3.07. The molecule has 0 aliphatic heterocycles. The molecule has 212 valence electrons. The van der Waals surface area contributed by atoms with E-state index in [1.54, 1.807) is 38.4 Å². The largest absolute Gasteiger partial charge is 0.497 e. The van der Waals surface area contributed by atoms with E-state index >= 15 is 0 Å². The summed E-state index contributed by atoms with van der Waals surface area (Å²) in [6.45, 7) is 0.623. The highest BCUT2D eigenvalue weighted by Gasteiger charge is 2.30. The summed E-state index contributed by atoms with van der Waals surface area (Å²) in [5.74, 6) is 1.45. The van der Waals surface area contributed by atoms with Crippen molar-refractivity contribution in [2.24, 2.45) is 0 Å². The SMILES string of the molecule is COc1ccc(CN(C(=O)Cc2ccc(OC)c(OC)c2)[C@@H](Cc2ccccc2)C(=O)NCc2ccccc2)cc1. The molecule has 0 saturated carbocycles. The Morgan fingerprint density at radius 2 is 1.29 bits per heavy atom. The quantitative estimate of drug-likeness (QED) is 0.246. The van der Waals surface area contributed by atoms with Crippen LogP contribution in [0.5, 0.6) is 17.2 Å². The zero-order valence-corrected chi connectivity index (χ0v) is 23.7. The molecule has 4 rings (SSSR count). The molecular weight excluding hydrogens is 516 g/mol. The third-order valence-electron chi connectivity index (χ3n) is 6.90. The van der Waals surface area contributed by atoms with Crippen LogP contribution in [0.2, 0.25) is 0 Å². The van der Waals surface area contributed by atoms with Crippen molar-refractivity contribution in [3.63, 3.8) is 0 Å². The van der Waals surface area contributed by atoms with Crippen molar-refractivity contribution < 1.29 is 23.8 Å². The van der Waals surface area contributed by atoms with Gasteiger partial charge in [0, 0.05) is 19.5 Å². The Morgan fingerprint density at radius 3 is 1.90 bits per heavy atom. The first-order valence-electron chi connectivity index (χ1n) is 13.5. The van der Waals surface area contributed by atoms with Gasteiger partial charge in [-0.05, 0) is 46.5 Å². The summed E-state index contributed by atoms with van der Waals surface area (Å²) in [7, 11) is 4.74. The maximum Gasteiger partial charge on any atom is 0.243 e. The topological polar surface area (TPSA) is 77.1 Å². The number of nitrogens with zero attached hydrogens (tertiary/aromatic N) is 1. The third kappa shape index (κ3) is 8.11. The minimum atomic E-state index is -0.740. The Kier molecular flexibility index (Phi) is 10.4. The van der Waals surface area contributed by atoms with Crippen LogP contribution >= 0.6 is 0 Å². The molecule has 0 aromatic heterocycles. The highest BCUT2D eigenvalue weighted by Crippen LogP contribution is 2.28. The molecule has 0 unspecified atom stereocenters. The van der Waals surface area contributed by atoms with Crippen LogP contribution in [0, 0.1) is 0 Å². The summed E-state index contributed by atoms with van der Waals surface area (Å²) < 4.78 is 16.1. The molecule has 0 aliphatic carbocycles. The molecule has 4 aromatic rings. The van der Waals surface area contributed by atoms with Gasteiger partial charge in [-0.15, -0.1) is 0 Å². The molecule has 0 bridgehead atoms. The van der Waals surface area contributed by atoms with Gasteiger partial charge in [0.2, 0.25) is 11.8 Å². The Hall–Kier alpha value is -4.78. The molecular formula is C34H36N2O5. The molecule has 0 spiro atoms. The minimum Gasteiger partial charge on any atom is -0.497 e. The monoisotopic (exact) mass is 552 g/mol. The van der Waals surface area contributed by atoms with Crippen LogP contribution in [-0.2, 0) is 35.5 Å². The summed E-state index contributed by atoms with van der Waals surface area (Å²) in [5.41, 5.74) is 3.60. The van der Waals surface area contributed by atoms with Crippen LogP contribution in [0.3, 0.4) is 0 Å². The van der Waals surface area contributed by atoms with Crippen molar-refractivity contribution in [3.8, 4) is 17.2 Å². The Balaban J connectivity index is 1.66. The number of nitrogens with one attached hydrogen (secondary N) is 1. The minimum absolute atomic E-state index is 0.0910. The van der Waals surface area contributed by atoms with E-state index in [1.807, 2.05) is 91.0 Å². The van der Waals surface area contributed by atoms with Gasteiger partial charge in [-0.25, -0.2) is 0 Å². The fourth-order valence-corrected chi connectivity index (χ4v) is 4.65. The number of ether oxygens (including phenoxy) is 3. The van der Waals surface area contributed by atoms with Gasteiger partial charge in [0.1, 0.15) is 11.8 Å². The van der Waals surface area contributed by atoms with Gasteiger partial charge < -0.3 is 24.4 Å². The number of rotatable bonds is 13. The number of carbonyl (C=O) groups excluding carboxylic acids is 2. The second kappa shape index (κ2) is 14.6. The van der Waals surface area contributed by atoms with Gasteiger partial charge in [0.25, 0.3) is 0 Å². The molecule has 0 radical (unpaired) electrons. The molecule has 0 heterocycles. The van der Waals surface area contributed by atoms with E-state index in [0.717, 1.165) is 28.0 Å². The molecule has 0 fully saturated rings. The normalized spacial score (nSPS) is 11.3. The number of benzene rings is 4. The molecule has 1 N–H and O–H groups in total. The summed E-state index contributed by atoms with van der Waals surface area (Å²) in [6, 6.07) is 31.7. The first kappa shape index (κ1) is 29.2. The summed E-state index contributed by atoms with van der Waals surface area (Å²) in [6.07, 6.45) is 0.461. The lowest BCUT2D eigenvalue weighted by Gasteiger charge is -2.32. The van der Waals surface area contributed by atoms with Gasteiger partial charge in [-0.2, -0.15) is 0 Å². The average Bonchev–Trinajstić information content (AvgIpc) is 3.02. The molecule has 4 aromatic carbocycles. The first-order valence-corrected chi connectivity index (χ1v) is 13.5. The van der Waals surface area contributed by atoms with Crippen molar-refractivity contribution >= 4 is 11.8 Å². The van der Waals surface area contributed by atoms with Gasteiger partial charge in [-0.1, -0.05) is 78.9 Å². The van der Waals surface area contributed by atoms with Gasteiger partial charge >= 0.3 is 0 Å². The van der Waals surface area contributed by atoms with Crippen LogP contribution in [0.4, 0.5) is 0 Å². The molecule has 7 heteroatoms. The summed E-state index contributed by atoms with van der Waals surface area (Å²) in [4.78, 5) is 29.6. The zero-order valence-electron chi connectivity index (χ0n) is 23.7. The van der Waals surface area contributed by atoms with E-state index in [9.17, 15) is 9.59 Å². The van der Waals surface area contributed by atoms with Crippen molar-refractivity contribution in [2.75, 3.05) is 21.3 Å². The third-order valence-corrected chi connectivity index (χ3v) is 6.90. The maximum atomic E-state index is 14.1. The highest BCUT2D eigenvalue weighted by atomic mass is 16.5. The second-order valence-electron chi connectivity index (χ2n) is 9.64. The van der Waals surface area contributed by atoms with E-state index < -0.39 is 6.04 Å². The lowest BCUT2D eigenvalue weighted by atomic mass is 10.0.